The molecule has 0 aromatic heterocycles. The zero-order valence-electron chi connectivity index (χ0n) is 10.5. The highest BCUT2D eigenvalue weighted by Crippen LogP contribution is 2.00. The molecule has 1 fully saturated rings. The summed E-state index contributed by atoms with van der Waals surface area (Å²) in [6, 6.07) is 10.4. The Bertz CT molecular complexity index is 340. The lowest BCUT2D eigenvalue weighted by molar-refractivity contribution is 0.110. The van der Waals surface area contributed by atoms with Crippen LogP contribution in [0.15, 0.2) is 36.4 Å². The molecule has 2 rings (SSSR count). The molecule has 0 atom stereocenters. The minimum Gasteiger partial charge on any atom is -0.304 e. The highest BCUT2D eigenvalue weighted by molar-refractivity contribution is 5.48. The lowest BCUT2D eigenvalue weighted by Gasteiger charge is -2.32. The molecule has 0 bridgehead atoms. The Kier molecular flexibility index (Phi) is 4.74. The molecular weight excluding hydrogens is 210 g/mol. The molecule has 0 aliphatic carbocycles. The van der Waals surface area contributed by atoms with Gasteiger partial charge in [0.15, 0.2) is 0 Å². The Labute approximate surface area is 104 Å². The zero-order chi connectivity index (χ0) is 11.9. The van der Waals surface area contributed by atoms with Crippen molar-refractivity contribution in [1.82, 2.24) is 15.3 Å². The van der Waals surface area contributed by atoms with Gasteiger partial charge in [-0.25, -0.2) is 5.01 Å². The molecule has 1 aromatic rings. The number of hydrogen-bond acceptors (Lipinski definition) is 3. The van der Waals surface area contributed by atoms with E-state index in [1.54, 1.807) is 0 Å². The van der Waals surface area contributed by atoms with Crippen LogP contribution in [-0.2, 0) is 0 Å². The summed E-state index contributed by atoms with van der Waals surface area (Å²) in [5, 5.41) is 2.30. The molecule has 92 valence electrons. The van der Waals surface area contributed by atoms with Crippen molar-refractivity contribution in [1.29, 1.82) is 0 Å². The molecule has 17 heavy (non-hydrogen) atoms. The molecule has 0 saturated carbocycles. The number of nitrogens with one attached hydrogen (secondary N) is 1. The van der Waals surface area contributed by atoms with Crippen LogP contribution in [0.2, 0.25) is 0 Å². The minimum absolute atomic E-state index is 0.901. The van der Waals surface area contributed by atoms with Gasteiger partial charge in [-0.3, -0.25) is 5.43 Å². The van der Waals surface area contributed by atoms with E-state index in [0.717, 1.165) is 32.7 Å². The standard InChI is InChI=1S/C14H21N3/c1-16-10-12-17(13-11-16)15-9-5-8-14-6-3-2-4-7-14/h2-8,15H,9-13H2,1H3/b8-5+. The van der Waals surface area contributed by atoms with E-state index in [1.165, 1.54) is 5.56 Å². The quantitative estimate of drug-likeness (QED) is 0.846. The highest BCUT2D eigenvalue weighted by Gasteiger charge is 2.11. The fraction of sp³-hybridized carbons (Fsp3) is 0.429. The smallest absolute Gasteiger partial charge is 0.0286 e. The Morgan fingerprint density at radius 3 is 2.53 bits per heavy atom. The largest absolute Gasteiger partial charge is 0.304 e. The number of hydrogen-bond donors (Lipinski definition) is 1. The van der Waals surface area contributed by atoms with E-state index in [0.29, 0.717) is 0 Å². The third kappa shape index (κ3) is 4.30. The Morgan fingerprint density at radius 2 is 1.82 bits per heavy atom. The number of rotatable bonds is 4. The number of nitrogens with zero attached hydrogens (tertiary/aromatic N) is 2. The average molecular weight is 231 g/mol. The summed E-state index contributed by atoms with van der Waals surface area (Å²) >= 11 is 0. The minimum atomic E-state index is 0.901. The summed E-state index contributed by atoms with van der Waals surface area (Å²) in [5.74, 6) is 0. The Hall–Kier alpha value is -1.16. The molecule has 3 nitrogen and oxygen atoms in total. The van der Waals surface area contributed by atoms with Gasteiger partial charge in [-0.2, -0.15) is 0 Å². The molecule has 0 spiro atoms. The van der Waals surface area contributed by atoms with Crippen molar-refractivity contribution in [2.45, 2.75) is 0 Å². The maximum Gasteiger partial charge on any atom is 0.0286 e. The van der Waals surface area contributed by atoms with E-state index in [4.69, 9.17) is 0 Å². The molecule has 1 aliphatic heterocycles. The number of likely N-dealkylation sites (N-methyl/N-ethyl adjacent to an activating group) is 1. The number of hydrazine groups is 1. The van der Waals surface area contributed by atoms with E-state index in [9.17, 15) is 0 Å². The summed E-state index contributed by atoms with van der Waals surface area (Å²) in [5.41, 5.74) is 4.69. The maximum atomic E-state index is 3.43. The van der Waals surface area contributed by atoms with Crippen LogP contribution in [0.1, 0.15) is 5.56 Å². The van der Waals surface area contributed by atoms with Crippen molar-refractivity contribution in [3.63, 3.8) is 0 Å². The van der Waals surface area contributed by atoms with Crippen LogP contribution in [0.25, 0.3) is 6.08 Å². The molecule has 1 aliphatic rings. The fourth-order valence-corrected chi connectivity index (χ4v) is 1.91. The van der Waals surface area contributed by atoms with E-state index in [2.05, 4.69) is 58.8 Å². The third-order valence-corrected chi connectivity index (χ3v) is 3.05. The molecule has 0 unspecified atom stereocenters. The Morgan fingerprint density at radius 1 is 1.12 bits per heavy atom. The van der Waals surface area contributed by atoms with Crippen LogP contribution in [0, 0.1) is 0 Å². The van der Waals surface area contributed by atoms with Gasteiger partial charge < -0.3 is 4.90 Å². The van der Waals surface area contributed by atoms with Crippen molar-refractivity contribution < 1.29 is 0 Å². The fourth-order valence-electron chi connectivity index (χ4n) is 1.91. The zero-order valence-corrected chi connectivity index (χ0v) is 10.5. The molecule has 1 N–H and O–H groups in total. The van der Waals surface area contributed by atoms with E-state index in [1.807, 2.05) is 6.07 Å². The lowest BCUT2D eigenvalue weighted by atomic mass is 10.2. The van der Waals surface area contributed by atoms with Gasteiger partial charge in [-0.15, -0.1) is 0 Å². The second kappa shape index (κ2) is 6.55. The summed E-state index contributed by atoms with van der Waals surface area (Å²) in [6.07, 6.45) is 4.33. The van der Waals surface area contributed by atoms with Crippen molar-refractivity contribution in [3.05, 3.63) is 42.0 Å². The molecular formula is C14H21N3. The first-order valence-electron chi connectivity index (χ1n) is 6.23. The van der Waals surface area contributed by atoms with Gasteiger partial charge in [0.1, 0.15) is 0 Å². The molecule has 0 radical (unpaired) electrons. The van der Waals surface area contributed by atoms with Gasteiger partial charge in [0.2, 0.25) is 0 Å². The summed E-state index contributed by atoms with van der Waals surface area (Å²) in [7, 11) is 2.17. The van der Waals surface area contributed by atoms with Crippen LogP contribution in [0.4, 0.5) is 0 Å². The average Bonchev–Trinajstić information content (AvgIpc) is 2.38. The van der Waals surface area contributed by atoms with Crippen molar-refractivity contribution in [3.8, 4) is 0 Å². The van der Waals surface area contributed by atoms with Gasteiger partial charge >= 0.3 is 0 Å². The van der Waals surface area contributed by atoms with Crippen molar-refractivity contribution in [2.24, 2.45) is 0 Å². The molecule has 1 heterocycles. The van der Waals surface area contributed by atoms with Crippen LogP contribution in [0.3, 0.4) is 0 Å². The van der Waals surface area contributed by atoms with Crippen LogP contribution in [0.5, 0.6) is 0 Å². The number of piperazine rings is 1. The topological polar surface area (TPSA) is 18.5 Å². The molecule has 3 heteroatoms. The van der Waals surface area contributed by atoms with Crippen LogP contribution < -0.4 is 5.43 Å². The van der Waals surface area contributed by atoms with Crippen molar-refractivity contribution >= 4 is 6.08 Å². The van der Waals surface area contributed by atoms with E-state index < -0.39 is 0 Å². The Balaban J connectivity index is 1.68. The second-order valence-corrected chi connectivity index (χ2v) is 4.47. The van der Waals surface area contributed by atoms with Gasteiger partial charge in [-0.1, -0.05) is 42.5 Å². The predicted molar refractivity (Wildman–Crippen MR) is 72.5 cm³/mol. The third-order valence-electron chi connectivity index (χ3n) is 3.05. The first-order valence-corrected chi connectivity index (χ1v) is 6.23. The molecule has 1 saturated heterocycles. The van der Waals surface area contributed by atoms with Gasteiger partial charge in [-0.05, 0) is 12.6 Å². The first kappa shape index (κ1) is 12.3. The summed E-state index contributed by atoms with van der Waals surface area (Å²) < 4.78 is 0. The van der Waals surface area contributed by atoms with Gasteiger partial charge in [0.05, 0.1) is 0 Å². The van der Waals surface area contributed by atoms with Gasteiger partial charge in [0, 0.05) is 32.7 Å². The predicted octanol–water partition coefficient (Wildman–Crippen LogP) is 1.45. The lowest BCUT2D eigenvalue weighted by Crippen LogP contribution is -2.50. The summed E-state index contributed by atoms with van der Waals surface area (Å²) in [6.45, 7) is 5.41. The van der Waals surface area contributed by atoms with E-state index in [-0.39, 0.29) is 0 Å². The normalized spacial score (nSPS) is 18.9. The van der Waals surface area contributed by atoms with Crippen molar-refractivity contribution in [2.75, 3.05) is 39.8 Å². The maximum absolute atomic E-state index is 3.43. The van der Waals surface area contributed by atoms with Gasteiger partial charge in [0.25, 0.3) is 0 Å². The highest BCUT2D eigenvalue weighted by atomic mass is 15.5. The SMILES string of the molecule is CN1CCN(NC/C=C/c2ccccc2)CC1. The summed E-state index contributed by atoms with van der Waals surface area (Å²) in [4.78, 5) is 2.36. The first-order chi connectivity index (χ1) is 8.34. The van der Waals surface area contributed by atoms with E-state index >= 15 is 0 Å². The van der Waals surface area contributed by atoms with Crippen LogP contribution >= 0.6 is 0 Å². The monoisotopic (exact) mass is 231 g/mol. The molecule has 1 aromatic carbocycles. The molecule has 0 amide bonds. The second-order valence-electron chi connectivity index (χ2n) is 4.47. The number of benzene rings is 1. The van der Waals surface area contributed by atoms with Crippen LogP contribution in [-0.4, -0.2) is 49.7 Å².